The van der Waals surface area contributed by atoms with Crippen LogP contribution in [0.4, 0.5) is 0 Å². The Kier molecular flexibility index (Phi) is 4.15. The van der Waals surface area contributed by atoms with E-state index in [9.17, 15) is 9.90 Å². The Morgan fingerprint density at radius 2 is 2.40 bits per heavy atom. The first-order valence-corrected chi connectivity index (χ1v) is 5.87. The van der Waals surface area contributed by atoms with Crippen molar-refractivity contribution in [1.29, 1.82) is 0 Å². The van der Waals surface area contributed by atoms with Crippen LogP contribution in [0.1, 0.15) is 25.8 Å². The number of hydrogen-bond acceptors (Lipinski definition) is 3. The molecule has 3 nitrogen and oxygen atoms in total. The molecular weight excluding hydrogens is 210 g/mol. The fourth-order valence-corrected chi connectivity index (χ4v) is 2.24. The molecule has 4 heteroatoms. The number of aromatic nitrogens is 1. The molecule has 0 aliphatic heterocycles. The molecule has 0 spiro atoms. The lowest BCUT2D eigenvalue weighted by Crippen LogP contribution is -2.29. The van der Waals surface area contributed by atoms with Gasteiger partial charge in [-0.1, -0.05) is 13.0 Å². The lowest BCUT2D eigenvalue weighted by atomic mass is 10.0. The summed E-state index contributed by atoms with van der Waals surface area (Å²) in [5.41, 5.74) is 0.746. The molecule has 1 aromatic heterocycles. The Morgan fingerprint density at radius 1 is 1.67 bits per heavy atom. The Hall–Kier alpha value is -1.03. The number of hydrogen-bond donors (Lipinski definition) is 1. The second-order valence-electron chi connectivity index (χ2n) is 3.43. The van der Waals surface area contributed by atoms with Crippen LogP contribution in [0, 0.1) is 0 Å². The molecule has 15 heavy (non-hydrogen) atoms. The van der Waals surface area contributed by atoms with E-state index in [0.29, 0.717) is 0 Å². The summed E-state index contributed by atoms with van der Waals surface area (Å²) in [6.45, 7) is 3.77. The fourth-order valence-electron chi connectivity index (χ4n) is 1.22. The summed E-state index contributed by atoms with van der Waals surface area (Å²) in [6.07, 6.45) is 4.24. The average molecular weight is 225 g/mol. The number of carbonyl (C=O) groups is 1. The van der Waals surface area contributed by atoms with Crippen molar-refractivity contribution in [3.05, 3.63) is 30.1 Å². The number of nitrogens with zero attached hydrogens (tertiary/aromatic N) is 1. The lowest BCUT2D eigenvalue weighted by Gasteiger charge is -2.24. The third-order valence-corrected chi connectivity index (χ3v) is 3.82. The van der Waals surface area contributed by atoms with E-state index in [1.807, 2.05) is 13.0 Å². The Balaban J connectivity index is 2.96. The smallest absolute Gasteiger partial charge is 0.324 e. The van der Waals surface area contributed by atoms with E-state index < -0.39 is 10.7 Å². The molecule has 0 radical (unpaired) electrons. The molecule has 0 fully saturated rings. The van der Waals surface area contributed by atoms with Gasteiger partial charge in [0.25, 0.3) is 0 Å². The highest BCUT2D eigenvalue weighted by atomic mass is 32.2. The van der Waals surface area contributed by atoms with Gasteiger partial charge in [-0.15, -0.1) is 11.8 Å². The van der Waals surface area contributed by atoms with Crippen LogP contribution in [0.3, 0.4) is 0 Å². The SMILES string of the molecule is CCCSC(C)(C(=O)O)c1cccnc1. The average Bonchev–Trinajstić information content (AvgIpc) is 2.27. The predicted octanol–water partition coefficient (Wildman–Crippen LogP) is 2.52. The zero-order valence-electron chi connectivity index (χ0n) is 8.93. The minimum atomic E-state index is -0.885. The Labute approximate surface area is 93.9 Å². The zero-order valence-corrected chi connectivity index (χ0v) is 9.75. The second kappa shape index (κ2) is 5.16. The molecule has 82 valence electrons. The third-order valence-electron chi connectivity index (χ3n) is 2.22. The van der Waals surface area contributed by atoms with Crippen LogP contribution in [-0.4, -0.2) is 21.8 Å². The number of thioether (sulfide) groups is 1. The monoisotopic (exact) mass is 225 g/mol. The van der Waals surface area contributed by atoms with Gasteiger partial charge >= 0.3 is 5.97 Å². The second-order valence-corrected chi connectivity index (χ2v) is 4.94. The summed E-state index contributed by atoms with van der Waals surface area (Å²) in [6, 6.07) is 3.58. The van der Waals surface area contributed by atoms with Gasteiger partial charge in [0.1, 0.15) is 4.75 Å². The molecule has 0 saturated carbocycles. The Morgan fingerprint density at radius 3 is 2.87 bits per heavy atom. The molecule has 1 N–H and O–H groups in total. The Bertz CT molecular complexity index is 329. The first kappa shape index (κ1) is 12.0. The molecule has 0 bridgehead atoms. The van der Waals surface area contributed by atoms with Crippen molar-refractivity contribution in [1.82, 2.24) is 4.98 Å². The van der Waals surface area contributed by atoms with Gasteiger partial charge in [-0.25, -0.2) is 0 Å². The largest absolute Gasteiger partial charge is 0.480 e. The molecule has 0 saturated heterocycles. The molecule has 0 amide bonds. The van der Waals surface area contributed by atoms with E-state index in [2.05, 4.69) is 4.98 Å². The number of pyridine rings is 1. The summed E-state index contributed by atoms with van der Waals surface area (Å²) < 4.78 is -0.885. The van der Waals surface area contributed by atoms with Crippen molar-refractivity contribution >= 4 is 17.7 Å². The topological polar surface area (TPSA) is 50.2 Å². The highest BCUT2D eigenvalue weighted by Crippen LogP contribution is 2.36. The normalized spacial score (nSPS) is 14.5. The van der Waals surface area contributed by atoms with E-state index in [1.54, 1.807) is 25.4 Å². The third kappa shape index (κ3) is 2.72. The van der Waals surface area contributed by atoms with Crippen molar-refractivity contribution in [2.45, 2.75) is 25.0 Å². The summed E-state index contributed by atoms with van der Waals surface area (Å²) in [5.74, 6) is 0.0199. The number of aliphatic carboxylic acids is 1. The number of rotatable bonds is 5. The summed E-state index contributed by atoms with van der Waals surface area (Å²) in [7, 11) is 0. The summed E-state index contributed by atoms with van der Waals surface area (Å²) >= 11 is 1.45. The van der Waals surface area contributed by atoms with Crippen LogP contribution in [0.25, 0.3) is 0 Å². The standard InChI is InChI=1S/C11H15NO2S/c1-3-7-15-11(2,10(13)14)9-5-4-6-12-8-9/h4-6,8H,3,7H2,1-2H3,(H,13,14). The van der Waals surface area contributed by atoms with Gasteiger partial charge in [-0.3, -0.25) is 9.78 Å². The molecule has 0 aliphatic carbocycles. The first-order chi connectivity index (χ1) is 7.11. The van der Waals surface area contributed by atoms with Crippen LogP contribution in [0.15, 0.2) is 24.5 Å². The maximum Gasteiger partial charge on any atom is 0.324 e. The van der Waals surface area contributed by atoms with Crippen LogP contribution in [0.5, 0.6) is 0 Å². The number of carboxylic acids is 1. The molecule has 1 rings (SSSR count). The zero-order chi connectivity index (χ0) is 11.3. The van der Waals surface area contributed by atoms with Crippen molar-refractivity contribution in [2.24, 2.45) is 0 Å². The predicted molar refractivity (Wildman–Crippen MR) is 62.0 cm³/mol. The molecule has 0 aliphatic rings. The van der Waals surface area contributed by atoms with Crippen molar-refractivity contribution in [2.75, 3.05) is 5.75 Å². The maximum absolute atomic E-state index is 11.3. The quantitative estimate of drug-likeness (QED) is 0.836. The molecular formula is C11H15NO2S. The lowest BCUT2D eigenvalue weighted by molar-refractivity contribution is -0.139. The van der Waals surface area contributed by atoms with E-state index in [-0.39, 0.29) is 0 Å². The summed E-state index contributed by atoms with van der Waals surface area (Å²) in [5, 5.41) is 9.26. The highest BCUT2D eigenvalue weighted by molar-refractivity contribution is 8.00. The number of carboxylic acid groups (broad SMARTS) is 1. The van der Waals surface area contributed by atoms with E-state index in [4.69, 9.17) is 0 Å². The highest BCUT2D eigenvalue weighted by Gasteiger charge is 2.35. The van der Waals surface area contributed by atoms with Crippen LogP contribution in [-0.2, 0) is 9.54 Å². The van der Waals surface area contributed by atoms with E-state index >= 15 is 0 Å². The molecule has 1 heterocycles. The van der Waals surface area contributed by atoms with Gasteiger partial charge in [-0.05, 0) is 30.7 Å². The van der Waals surface area contributed by atoms with Crippen LogP contribution in [0.2, 0.25) is 0 Å². The van der Waals surface area contributed by atoms with Crippen molar-refractivity contribution in [3.8, 4) is 0 Å². The van der Waals surface area contributed by atoms with Gasteiger partial charge in [0.05, 0.1) is 0 Å². The summed E-state index contributed by atoms with van der Waals surface area (Å²) in [4.78, 5) is 15.2. The minimum absolute atomic E-state index is 0.746. The molecule has 1 aromatic rings. The first-order valence-electron chi connectivity index (χ1n) is 4.89. The van der Waals surface area contributed by atoms with E-state index in [1.165, 1.54) is 11.8 Å². The van der Waals surface area contributed by atoms with Gasteiger partial charge in [0.15, 0.2) is 0 Å². The van der Waals surface area contributed by atoms with Crippen LogP contribution >= 0.6 is 11.8 Å². The van der Waals surface area contributed by atoms with E-state index in [0.717, 1.165) is 17.7 Å². The van der Waals surface area contributed by atoms with Crippen molar-refractivity contribution < 1.29 is 9.90 Å². The molecule has 0 aromatic carbocycles. The van der Waals surface area contributed by atoms with Gasteiger partial charge in [0.2, 0.25) is 0 Å². The maximum atomic E-state index is 11.3. The molecule has 1 unspecified atom stereocenters. The van der Waals surface area contributed by atoms with Crippen LogP contribution < -0.4 is 0 Å². The van der Waals surface area contributed by atoms with Gasteiger partial charge in [0, 0.05) is 12.4 Å². The fraction of sp³-hybridized carbons (Fsp3) is 0.455. The minimum Gasteiger partial charge on any atom is -0.480 e. The van der Waals surface area contributed by atoms with Crippen molar-refractivity contribution in [3.63, 3.8) is 0 Å². The van der Waals surface area contributed by atoms with Gasteiger partial charge < -0.3 is 5.11 Å². The van der Waals surface area contributed by atoms with Gasteiger partial charge in [-0.2, -0.15) is 0 Å². The molecule has 1 atom stereocenters.